The number of anilines is 2. The molecular formula is C19H23N7. The summed E-state index contributed by atoms with van der Waals surface area (Å²) in [7, 11) is 0. The fourth-order valence-corrected chi connectivity index (χ4v) is 3.76. The maximum atomic E-state index is 9.26. The van der Waals surface area contributed by atoms with E-state index >= 15 is 0 Å². The van der Waals surface area contributed by atoms with Gasteiger partial charge in [-0.1, -0.05) is 0 Å². The van der Waals surface area contributed by atoms with Crippen molar-refractivity contribution in [2.24, 2.45) is 5.73 Å². The summed E-state index contributed by atoms with van der Waals surface area (Å²) >= 11 is 0. The van der Waals surface area contributed by atoms with Crippen molar-refractivity contribution in [3.63, 3.8) is 0 Å². The first kappa shape index (κ1) is 16.7. The number of piperidine rings is 1. The van der Waals surface area contributed by atoms with Gasteiger partial charge in [0.05, 0.1) is 5.56 Å². The van der Waals surface area contributed by atoms with Crippen molar-refractivity contribution in [3.8, 4) is 6.07 Å². The van der Waals surface area contributed by atoms with E-state index < -0.39 is 0 Å². The van der Waals surface area contributed by atoms with Gasteiger partial charge in [-0.15, -0.1) is 0 Å². The SMILES string of the molecule is N#Cc1cccnc1N1CCC(Nc2cc(C3CC(N)C3)ncn2)CC1. The van der Waals surface area contributed by atoms with E-state index in [0.29, 0.717) is 23.6 Å². The molecule has 0 atom stereocenters. The van der Waals surface area contributed by atoms with Gasteiger partial charge in [0.25, 0.3) is 0 Å². The van der Waals surface area contributed by atoms with E-state index in [1.54, 1.807) is 18.6 Å². The zero-order valence-electron chi connectivity index (χ0n) is 14.7. The van der Waals surface area contributed by atoms with Crippen molar-refractivity contribution in [2.75, 3.05) is 23.3 Å². The Labute approximate surface area is 153 Å². The van der Waals surface area contributed by atoms with Crippen molar-refractivity contribution < 1.29 is 0 Å². The van der Waals surface area contributed by atoms with Crippen LogP contribution in [0.15, 0.2) is 30.7 Å². The predicted molar refractivity (Wildman–Crippen MR) is 99.8 cm³/mol. The minimum atomic E-state index is 0.320. The van der Waals surface area contributed by atoms with Crippen LogP contribution in [0.2, 0.25) is 0 Å². The molecule has 0 aromatic carbocycles. The van der Waals surface area contributed by atoms with Crippen molar-refractivity contribution in [1.29, 1.82) is 5.26 Å². The van der Waals surface area contributed by atoms with Crippen LogP contribution in [0.4, 0.5) is 11.6 Å². The lowest BCUT2D eigenvalue weighted by molar-refractivity contribution is 0.345. The van der Waals surface area contributed by atoms with Gasteiger partial charge in [-0.05, 0) is 37.8 Å². The van der Waals surface area contributed by atoms with Gasteiger partial charge in [0.2, 0.25) is 0 Å². The van der Waals surface area contributed by atoms with Crippen LogP contribution in [-0.2, 0) is 0 Å². The highest BCUT2D eigenvalue weighted by Crippen LogP contribution is 2.35. The molecule has 1 saturated heterocycles. The normalized spacial score (nSPS) is 23.2. The second-order valence-corrected chi connectivity index (χ2v) is 7.15. The summed E-state index contributed by atoms with van der Waals surface area (Å²) in [6.07, 6.45) is 7.38. The summed E-state index contributed by atoms with van der Waals surface area (Å²) in [5.41, 5.74) is 7.62. The van der Waals surface area contributed by atoms with E-state index in [0.717, 1.165) is 56.1 Å². The molecular weight excluding hydrogens is 326 g/mol. The molecule has 3 N–H and O–H groups in total. The second-order valence-electron chi connectivity index (χ2n) is 7.15. The van der Waals surface area contributed by atoms with Crippen LogP contribution in [0, 0.1) is 11.3 Å². The highest BCUT2D eigenvalue weighted by atomic mass is 15.2. The largest absolute Gasteiger partial charge is 0.367 e. The number of nitrogens with zero attached hydrogens (tertiary/aromatic N) is 5. The van der Waals surface area contributed by atoms with E-state index in [2.05, 4.69) is 37.3 Å². The average Bonchev–Trinajstić information content (AvgIpc) is 2.66. The van der Waals surface area contributed by atoms with E-state index in [1.165, 1.54) is 0 Å². The van der Waals surface area contributed by atoms with Gasteiger partial charge in [-0.2, -0.15) is 5.26 Å². The fraction of sp³-hybridized carbons (Fsp3) is 0.474. The summed E-state index contributed by atoms with van der Waals surface area (Å²) < 4.78 is 0. The summed E-state index contributed by atoms with van der Waals surface area (Å²) in [4.78, 5) is 15.4. The third-order valence-electron chi connectivity index (χ3n) is 5.33. The summed E-state index contributed by atoms with van der Waals surface area (Å²) in [6, 6.07) is 8.61. The molecule has 0 radical (unpaired) electrons. The second kappa shape index (κ2) is 7.26. The lowest BCUT2D eigenvalue weighted by Crippen LogP contribution is -2.40. The summed E-state index contributed by atoms with van der Waals surface area (Å²) in [5.74, 6) is 2.16. The lowest BCUT2D eigenvalue weighted by atomic mass is 9.78. The number of pyridine rings is 1. The number of hydrogen-bond donors (Lipinski definition) is 2. The Bertz CT molecular complexity index is 802. The molecule has 1 aliphatic heterocycles. The Kier molecular flexibility index (Phi) is 4.67. The van der Waals surface area contributed by atoms with Crippen LogP contribution in [0.1, 0.15) is 42.9 Å². The van der Waals surface area contributed by atoms with E-state index in [9.17, 15) is 5.26 Å². The first-order valence-electron chi connectivity index (χ1n) is 9.17. The molecule has 7 nitrogen and oxygen atoms in total. The van der Waals surface area contributed by atoms with Crippen LogP contribution in [-0.4, -0.2) is 40.1 Å². The van der Waals surface area contributed by atoms with Gasteiger partial charge in [0.1, 0.15) is 24.0 Å². The van der Waals surface area contributed by atoms with E-state index in [-0.39, 0.29) is 0 Å². The number of aromatic nitrogens is 3. The molecule has 134 valence electrons. The molecule has 1 saturated carbocycles. The van der Waals surface area contributed by atoms with Crippen molar-refractivity contribution in [2.45, 2.75) is 43.7 Å². The van der Waals surface area contributed by atoms with Gasteiger partial charge in [0.15, 0.2) is 0 Å². The van der Waals surface area contributed by atoms with Crippen molar-refractivity contribution in [1.82, 2.24) is 15.0 Å². The van der Waals surface area contributed by atoms with E-state index in [1.807, 2.05) is 6.07 Å². The number of hydrogen-bond acceptors (Lipinski definition) is 7. The van der Waals surface area contributed by atoms with Crippen LogP contribution >= 0.6 is 0 Å². The molecule has 0 amide bonds. The van der Waals surface area contributed by atoms with Gasteiger partial charge in [-0.3, -0.25) is 0 Å². The molecule has 7 heteroatoms. The maximum Gasteiger partial charge on any atom is 0.146 e. The number of nitrogens with two attached hydrogens (primary N) is 1. The monoisotopic (exact) mass is 349 g/mol. The number of nitriles is 1. The smallest absolute Gasteiger partial charge is 0.146 e. The number of nitrogens with one attached hydrogen (secondary N) is 1. The molecule has 2 aliphatic rings. The molecule has 2 fully saturated rings. The van der Waals surface area contributed by atoms with Crippen molar-refractivity contribution in [3.05, 3.63) is 42.0 Å². The third kappa shape index (κ3) is 3.46. The first-order chi connectivity index (χ1) is 12.7. The molecule has 1 aliphatic carbocycles. The van der Waals surface area contributed by atoms with E-state index in [4.69, 9.17) is 5.73 Å². The first-order valence-corrected chi connectivity index (χ1v) is 9.17. The maximum absolute atomic E-state index is 9.26. The molecule has 0 unspecified atom stereocenters. The Hall–Kier alpha value is -2.72. The molecule has 0 bridgehead atoms. The highest BCUT2D eigenvalue weighted by Gasteiger charge is 2.29. The van der Waals surface area contributed by atoms with Crippen molar-refractivity contribution >= 4 is 11.6 Å². The Morgan fingerprint density at radius 3 is 2.73 bits per heavy atom. The quantitative estimate of drug-likeness (QED) is 0.870. The van der Waals surface area contributed by atoms with Gasteiger partial charge in [-0.25, -0.2) is 15.0 Å². The Morgan fingerprint density at radius 2 is 2.00 bits per heavy atom. The number of rotatable bonds is 4. The van der Waals surface area contributed by atoms with Crippen LogP contribution in [0.3, 0.4) is 0 Å². The average molecular weight is 349 g/mol. The van der Waals surface area contributed by atoms with Crippen LogP contribution in [0.5, 0.6) is 0 Å². The Morgan fingerprint density at radius 1 is 1.19 bits per heavy atom. The molecule has 26 heavy (non-hydrogen) atoms. The zero-order valence-corrected chi connectivity index (χ0v) is 14.7. The molecule has 4 rings (SSSR count). The topological polar surface area (TPSA) is 104 Å². The minimum Gasteiger partial charge on any atom is -0.367 e. The van der Waals surface area contributed by atoms with Gasteiger partial charge < -0.3 is 16.0 Å². The zero-order chi connectivity index (χ0) is 17.9. The predicted octanol–water partition coefficient (Wildman–Crippen LogP) is 2.03. The summed E-state index contributed by atoms with van der Waals surface area (Å²) in [5, 5.41) is 12.8. The minimum absolute atomic E-state index is 0.320. The summed E-state index contributed by atoms with van der Waals surface area (Å²) in [6.45, 7) is 1.75. The molecule has 2 aromatic rings. The molecule has 2 aromatic heterocycles. The van der Waals surface area contributed by atoms with Gasteiger partial charge >= 0.3 is 0 Å². The fourth-order valence-electron chi connectivity index (χ4n) is 3.76. The lowest BCUT2D eigenvalue weighted by Gasteiger charge is -2.34. The van der Waals surface area contributed by atoms with Crippen LogP contribution < -0.4 is 16.0 Å². The van der Waals surface area contributed by atoms with Gasteiger partial charge in [0, 0.05) is 49.0 Å². The molecule has 3 heterocycles. The third-order valence-corrected chi connectivity index (χ3v) is 5.33. The Balaban J connectivity index is 1.36. The molecule has 0 spiro atoms. The highest BCUT2D eigenvalue weighted by molar-refractivity contribution is 5.53. The standard InChI is InChI=1S/C19H23N7/c20-11-13-2-1-5-22-19(13)26-6-3-16(4-7-26)25-18-10-17(23-12-24-18)14-8-15(21)9-14/h1-2,5,10,12,14-16H,3-4,6-9,21H2,(H,23,24,25). The van der Waals surface area contributed by atoms with Crippen LogP contribution in [0.25, 0.3) is 0 Å².